The van der Waals surface area contributed by atoms with Crippen molar-refractivity contribution in [1.82, 2.24) is 9.80 Å². The number of ether oxygens (including phenoxy) is 2. The summed E-state index contributed by atoms with van der Waals surface area (Å²) in [6.07, 6.45) is 1.06. The summed E-state index contributed by atoms with van der Waals surface area (Å²) in [5.74, 6) is 1.79. The van der Waals surface area contributed by atoms with Gasteiger partial charge in [-0.15, -0.1) is 0 Å². The predicted octanol–water partition coefficient (Wildman–Crippen LogP) is 2.56. The maximum Gasteiger partial charge on any atom is 0.222 e. The second-order valence-electron chi connectivity index (χ2n) is 7.45. The van der Waals surface area contributed by atoms with Gasteiger partial charge in [-0.2, -0.15) is 0 Å². The molecule has 0 aromatic heterocycles. The van der Waals surface area contributed by atoms with E-state index in [0.717, 1.165) is 36.6 Å². The summed E-state index contributed by atoms with van der Waals surface area (Å²) in [6, 6.07) is 17.5. The Morgan fingerprint density at radius 2 is 1.79 bits per heavy atom. The van der Waals surface area contributed by atoms with Crippen LogP contribution in [0.2, 0.25) is 0 Å². The van der Waals surface area contributed by atoms with Crippen LogP contribution < -0.4 is 9.47 Å². The number of likely N-dealkylation sites (tertiary alicyclic amines) is 1. The zero-order chi connectivity index (χ0) is 20.5. The highest BCUT2D eigenvalue weighted by Gasteiger charge is 2.19. The molecule has 6 nitrogen and oxygen atoms in total. The van der Waals surface area contributed by atoms with Gasteiger partial charge in [-0.1, -0.05) is 30.3 Å². The summed E-state index contributed by atoms with van der Waals surface area (Å²) >= 11 is 0. The molecule has 1 aliphatic heterocycles. The van der Waals surface area contributed by atoms with Gasteiger partial charge in [-0.05, 0) is 43.3 Å². The fourth-order valence-electron chi connectivity index (χ4n) is 3.40. The zero-order valence-corrected chi connectivity index (χ0v) is 17.0. The van der Waals surface area contributed by atoms with E-state index in [2.05, 4.69) is 4.90 Å². The van der Waals surface area contributed by atoms with Crippen molar-refractivity contribution < 1.29 is 19.4 Å². The fraction of sp³-hybridized carbons (Fsp3) is 0.435. The van der Waals surface area contributed by atoms with Crippen molar-refractivity contribution in [1.29, 1.82) is 0 Å². The van der Waals surface area contributed by atoms with Crippen molar-refractivity contribution in [2.24, 2.45) is 0 Å². The standard InChI is InChI=1S/C23H30N2O4/c1-24(17-20(26)18-29-21-6-3-2-4-7-21)16-19-9-11-22(12-10-19)28-15-14-25-13-5-8-23(25)27/h2-4,6-7,9-12,20,26H,5,8,13-18H2,1H3. The maximum absolute atomic E-state index is 11.6. The Labute approximate surface area is 172 Å². The third kappa shape index (κ3) is 7.07. The van der Waals surface area contributed by atoms with Crippen LogP contribution in [0, 0.1) is 0 Å². The smallest absolute Gasteiger partial charge is 0.222 e. The molecule has 0 spiro atoms. The first-order chi connectivity index (χ1) is 14.1. The van der Waals surface area contributed by atoms with Crippen LogP contribution in [-0.2, 0) is 11.3 Å². The number of hydrogen-bond acceptors (Lipinski definition) is 5. The van der Waals surface area contributed by atoms with E-state index < -0.39 is 6.10 Å². The lowest BCUT2D eigenvalue weighted by Gasteiger charge is -2.21. The zero-order valence-electron chi connectivity index (χ0n) is 17.0. The van der Waals surface area contributed by atoms with Crippen LogP contribution in [0.4, 0.5) is 0 Å². The Bertz CT molecular complexity index is 751. The minimum atomic E-state index is -0.559. The van der Waals surface area contributed by atoms with Crippen LogP contribution >= 0.6 is 0 Å². The fourth-order valence-corrected chi connectivity index (χ4v) is 3.40. The lowest BCUT2D eigenvalue weighted by molar-refractivity contribution is -0.128. The van der Waals surface area contributed by atoms with Crippen LogP contribution in [0.3, 0.4) is 0 Å². The van der Waals surface area contributed by atoms with Crippen LogP contribution in [0.25, 0.3) is 0 Å². The molecular formula is C23H30N2O4. The summed E-state index contributed by atoms with van der Waals surface area (Å²) < 4.78 is 11.3. The molecule has 1 N–H and O–H groups in total. The summed E-state index contributed by atoms with van der Waals surface area (Å²) in [5, 5.41) is 10.2. The van der Waals surface area contributed by atoms with Crippen LogP contribution in [-0.4, -0.2) is 66.8 Å². The Kier molecular flexibility index (Phi) is 7.90. The van der Waals surface area contributed by atoms with Gasteiger partial charge < -0.3 is 19.5 Å². The lowest BCUT2D eigenvalue weighted by Crippen LogP contribution is -2.32. The maximum atomic E-state index is 11.6. The second-order valence-corrected chi connectivity index (χ2v) is 7.45. The molecule has 2 aromatic rings. The highest BCUT2D eigenvalue weighted by atomic mass is 16.5. The number of amides is 1. The number of carbonyl (C=O) groups is 1. The van der Waals surface area contributed by atoms with Crippen LogP contribution in [0.15, 0.2) is 54.6 Å². The molecule has 3 rings (SSSR count). The van der Waals surface area contributed by atoms with Gasteiger partial charge in [0.15, 0.2) is 0 Å². The molecule has 6 heteroatoms. The molecule has 1 atom stereocenters. The molecule has 29 heavy (non-hydrogen) atoms. The summed E-state index contributed by atoms with van der Waals surface area (Å²) in [4.78, 5) is 15.5. The number of para-hydroxylation sites is 1. The van der Waals surface area contributed by atoms with Crippen molar-refractivity contribution in [2.75, 3.05) is 39.9 Å². The van der Waals surface area contributed by atoms with Gasteiger partial charge in [-0.25, -0.2) is 0 Å². The largest absolute Gasteiger partial charge is 0.492 e. The van der Waals surface area contributed by atoms with E-state index >= 15 is 0 Å². The van der Waals surface area contributed by atoms with Crippen molar-refractivity contribution in [2.45, 2.75) is 25.5 Å². The molecular weight excluding hydrogens is 368 g/mol. The first-order valence-corrected chi connectivity index (χ1v) is 10.1. The first kappa shape index (κ1) is 21.1. The average molecular weight is 399 g/mol. The second kappa shape index (κ2) is 10.8. The van der Waals surface area contributed by atoms with Crippen molar-refractivity contribution in [3.8, 4) is 11.5 Å². The summed E-state index contributed by atoms with van der Waals surface area (Å²) in [5.41, 5.74) is 1.14. The third-order valence-electron chi connectivity index (χ3n) is 4.89. The summed E-state index contributed by atoms with van der Waals surface area (Å²) in [6.45, 7) is 3.52. The van der Waals surface area contributed by atoms with Crippen LogP contribution in [0.1, 0.15) is 18.4 Å². The molecule has 0 radical (unpaired) electrons. The Morgan fingerprint density at radius 1 is 1.07 bits per heavy atom. The molecule has 0 bridgehead atoms. The van der Waals surface area contributed by atoms with Crippen molar-refractivity contribution >= 4 is 5.91 Å². The number of nitrogens with zero attached hydrogens (tertiary/aromatic N) is 2. The third-order valence-corrected chi connectivity index (χ3v) is 4.89. The van der Waals surface area contributed by atoms with E-state index in [1.807, 2.05) is 66.5 Å². The van der Waals surface area contributed by atoms with Crippen molar-refractivity contribution in [3.05, 3.63) is 60.2 Å². The number of aliphatic hydroxyl groups excluding tert-OH is 1. The molecule has 2 aromatic carbocycles. The minimum absolute atomic E-state index is 0.225. The number of benzene rings is 2. The van der Waals surface area contributed by atoms with E-state index in [4.69, 9.17) is 9.47 Å². The molecule has 1 saturated heterocycles. The molecule has 1 aliphatic rings. The normalized spacial score (nSPS) is 15.0. The number of aliphatic hydroxyl groups is 1. The first-order valence-electron chi connectivity index (χ1n) is 10.1. The number of carbonyl (C=O) groups excluding carboxylic acids is 1. The highest BCUT2D eigenvalue weighted by molar-refractivity contribution is 5.78. The number of rotatable bonds is 11. The molecule has 1 heterocycles. The van der Waals surface area contributed by atoms with E-state index in [-0.39, 0.29) is 12.5 Å². The van der Waals surface area contributed by atoms with Gasteiger partial charge in [0, 0.05) is 26.1 Å². The summed E-state index contributed by atoms with van der Waals surface area (Å²) in [7, 11) is 1.98. The van der Waals surface area contributed by atoms with Crippen LogP contribution in [0.5, 0.6) is 11.5 Å². The average Bonchev–Trinajstić information content (AvgIpc) is 3.13. The SMILES string of the molecule is CN(Cc1ccc(OCCN2CCCC2=O)cc1)CC(O)COc1ccccc1. The molecule has 0 aliphatic carbocycles. The van der Waals surface area contributed by atoms with Gasteiger partial charge >= 0.3 is 0 Å². The van der Waals surface area contributed by atoms with Gasteiger partial charge in [0.25, 0.3) is 0 Å². The predicted molar refractivity (Wildman–Crippen MR) is 112 cm³/mol. The molecule has 0 saturated carbocycles. The van der Waals surface area contributed by atoms with Gasteiger partial charge in [0.2, 0.25) is 5.91 Å². The quantitative estimate of drug-likeness (QED) is 0.630. The van der Waals surface area contributed by atoms with E-state index in [1.165, 1.54) is 0 Å². The minimum Gasteiger partial charge on any atom is -0.492 e. The van der Waals surface area contributed by atoms with E-state index in [0.29, 0.717) is 26.1 Å². The number of hydrogen-bond donors (Lipinski definition) is 1. The Morgan fingerprint density at radius 3 is 2.48 bits per heavy atom. The topological polar surface area (TPSA) is 62.2 Å². The Hall–Kier alpha value is -2.57. The number of likely N-dealkylation sites (N-methyl/N-ethyl adjacent to an activating group) is 1. The van der Waals surface area contributed by atoms with Crippen molar-refractivity contribution in [3.63, 3.8) is 0 Å². The molecule has 156 valence electrons. The van der Waals surface area contributed by atoms with E-state index in [1.54, 1.807) is 0 Å². The van der Waals surface area contributed by atoms with Gasteiger partial charge in [0.1, 0.15) is 30.8 Å². The molecule has 1 unspecified atom stereocenters. The Balaban J connectivity index is 1.35. The highest BCUT2D eigenvalue weighted by Crippen LogP contribution is 2.15. The van der Waals surface area contributed by atoms with E-state index in [9.17, 15) is 9.90 Å². The molecule has 1 fully saturated rings. The van der Waals surface area contributed by atoms with Gasteiger partial charge in [-0.3, -0.25) is 9.69 Å². The monoisotopic (exact) mass is 398 g/mol. The van der Waals surface area contributed by atoms with Gasteiger partial charge in [0.05, 0.1) is 6.54 Å². The lowest BCUT2D eigenvalue weighted by atomic mass is 10.2. The molecule has 1 amide bonds.